The highest BCUT2D eigenvalue weighted by Gasteiger charge is 1.92. The monoisotopic (exact) mass is 190 g/mol. The fraction of sp³-hybridized carbons (Fsp3) is 0.417. The summed E-state index contributed by atoms with van der Waals surface area (Å²) >= 11 is 0. The van der Waals surface area contributed by atoms with Crippen LogP contribution in [-0.2, 0) is 0 Å². The molecule has 14 heavy (non-hydrogen) atoms. The van der Waals surface area contributed by atoms with Crippen LogP contribution < -0.4 is 5.32 Å². The van der Waals surface area contributed by atoms with Gasteiger partial charge in [0.15, 0.2) is 0 Å². The Balaban J connectivity index is 2.62. The number of rotatable bonds is 4. The molecule has 0 radical (unpaired) electrons. The van der Waals surface area contributed by atoms with E-state index in [0.717, 1.165) is 24.4 Å². The topological polar surface area (TPSA) is 24.9 Å². The highest BCUT2D eigenvalue weighted by molar-refractivity contribution is 5.49. The van der Waals surface area contributed by atoms with Crippen molar-refractivity contribution in [1.29, 1.82) is 0 Å². The van der Waals surface area contributed by atoms with Gasteiger partial charge in [0, 0.05) is 11.4 Å². The second-order valence-corrected chi connectivity index (χ2v) is 3.48. The Bertz CT molecular complexity index is 296. The van der Waals surface area contributed by atoms with Gasteiger partial charge >= 0.3 is 0 Å². The summed E-state index contributed by atoms with van der Waals surface area (Å²) in [5, 5.41) is 3.11. The third kappa shape index (κ3) is 3.71. The Hall–Kier alpha value is -1.15. The van der Waals surface area contributed by atoms with Crippen molar-refractivity contribution in [2.75, 3.05) is 13.6 Å². The molecular weight excluding hydrogens is 172 g/mol. The first-order chi connectivity index (χ1) is 6.72. The molecule has 0 unspecified atom stereocenters. The number of hydrogen-bond donors (Lipinski definition) is 1. The normalized spacial score (nSPS) is 11.1. The van der Waals surface area contributed by atoms with Crippen LogP contribution in [0.25, 0.3) is 6.08 Å². The second-order valence-electron chi connectivity index (χ2n) is 3.48. The summed E-state index contributed by atoms with van der Waals surface area (Å²) in [4.78, 5) is 4.33. The highest BCUT2D eigenvalue weighted by Crippen LogP contribution is 2.07. The third-order valence-electron chi connectivity index (χ3n) is 1.98. The van der Waals surface area contributed by atoms with Crippen LogP contribution in [0.1, 0.15) is 23.4 Å². The van der Waals surface area contributed by atoms with Crippen LogP contribution in [0.15, 0.2) is 18.2 Å². The van der Waals surface area contributed by atoms with Gasteiger partial charge in [-0.2, -0.15) is 0 Å². The Morgan fingerprint density at radius 3 is 2.50 bits per heavy atom. The van der Waals surface area contributed by atoms with E-state index < -0.39 is 0 Å². The minimum Gasteiger partial charge on any atom is -0.319 e. The Labute approximate surface area is 86.1 Å². The molecule has 2 nitrogen and oxygen atoms in total. The van der Waals surface area contributed by atoms with Crippen molar-refractivity contribution in [3.05, 3.63) is 35.2 Å². The molecule has 0 aliphatic carbocycles. The largest absolute Gasteiger partial charge is 0.319 e. The predicted octanol–water partition coefficient (Wildman–Crippen LogP) is 2.32. The van der Waals surface area contributed by atoms with E-state index in [1.54, 1.807) is 0 Å². The van der Waals surface area contributed by atoms with Gasteiger partial charge in [-0.3, -0.25) is 4.98 Å². The fourth-order valence-corrected chi connectivity index (χ4v) is 1.41. The van der Waals surface area contributed by atoms with Gasteiger partial charge in [-0.1, -0.05) is 12.2 Å². The molecule has 0 bridgehead atoms. The number of nitrogens with one attached hydrogen (secondary N) is 1. The first-order valence-corrected chi connectivity index (χ1v) is 4.99. The molecule has 0 spiro atoms. The minimum atomic E-state index is 1.03. The zero-order chi connectivity index (χ0) is 10.4. The molecule has 2 heteroatoms. The minimum absolute atomic E-state index is 1.03. The van der Waals surface area contributed by atoms with Crippen LogP contribution in [0.4, 0.5) is 0 Å². The lowest BCUT2D eigenvalue weighted by Gasteiger charge is -1.99. The lowest BCUT2D eigenvalue weighted by Crippen LogP contribution is -2.05. The quantitative estimate of drug-likeness (QED) is 0.737. The van der Waals surface area contributed by atoms with Crippen molar-refractivity contribution in [2.24, 2.45) is 0 Å². The summed E-state index contributed by atoms with van der Waals surface area (Å²) in [6, 6.07) is 4.20. The maximum atomic E-state index is 4.33. The van der Waals surface area contributed by atoms with E-state index in [4.69, 9.17) is 0 Å². The van der Waals surface area contributed by atoms with E-state index in [9.17, 15) is 0 Å². The molecule has 1 heterocycles. The van der Waals surface area contributed by atoms with Crippen molar-refractivity contribution in [1.82, 2.24) is 10.3 Å². The van der Waals surface area contributed by atoms with Gasteiger partial charge in [-0.15, -0.1) is 0 Å². The summed E-state index contributed by atoms with van der Waals surface area (Å²) in [7, 11) is 1.97. The van der Waals surface area contributed by atoms with Crippen molar-refractivity contribution in [2.45, 2.75) is 20.3 Å². The smallest absolute Gasteiger partial charge is 0.0381 e. The molecule has 1 aromatic heterocycles. The molecular formula is C12H18N2. The Kier molecular flexibility index (Phi) is 4.33. The highest BCUT2D eigenvalue weighted by atomic mass is 14.8. The number of aryl methyl sites for hydroxylation is 2. The van der Waals surface area contributed by atoms with Gasteiger partial charge in [-0.25, -0.2) is 0 Å². The van der Waals surface area contributed by atoms with E-state index in [1.807, 2.05) is 20.9 Å². The first-order valence-electron chi connectivity index (χ1n) is 4.99. The average Bonchev–Trinajstić information content (AvgIpc) is 2.11. The standard InChI is InChI=1S/C12H18N2/c1-10-8-12(9-11(2)14-10)6-4-5-7-13-3/h4,6,8-9,13H,5,7H2,1-3H3. The van der Waals surface area contributed by atoms with E-state index in [2.05, 4.69) is 34.6 Å². The summed E-state index contributed by atoms with van der Waals surface area (Å²) in [6.45, 7) is 5.08. The van der Waals surface area contributed by atoms with E-state index in [1.165, 1.54) is 5.56 Å². The number of pyridine rings is 1. The van der Waals surface area contributed by atoms with Gasteiger partial charge in [0.05, 0.1) is 0 Å². The van der Waals surface area contributed by atoms with Crippen LogP contribution in [0.3, 0.4) is 0 Å². The van der Waals surface area contributed by atoms with Crippen LogP contribution in [-0.4, -0.2) is 18.6 Å². The summed E-state index contributed by atoms with van der Waals surface area (Å²) in [5.74, 6) is 0. The molecule has 0 atom stereocenters. The molecule has 76 valence electrons. The summed E-state index contributed by atoms with van der Waals surface area (Å²) < 4.78 is 0. The van der Waals surface area contributed by atoms with Crippen molar-refractivity contribution >= 4 is 6.08 Å². The molecule has 1 rings (SSSR count). The summed E-state index contributed by atoms with van der Waals surface area (Å²) in [5.41, 5.74) is 3.41. The van der Waals surface area contributed by atoms with Gasteiger partial charge in [0.2, 0.25) is 0 Å². The molecule has 0 fully saturated rings. The number of hydrogen-bond acceptors (Lipinski definition) is 2. The van der Waals surface area contributed by atoms with Crippen LogP contribution in [0.5, 0.6) is 0 Å². The SMILES string of the molecule is CNCCC=Cc1cc(C)nc(C)c1. The molecule has 0 saturated carbocycles. The Morgan fingerprint density at radius 1 is 1.29 bits per heavy atom. The van der Waals surface area contributed by atoms with Crippen molar-refractivity contribution in [3.63, 3.8) is 0 Å². The molecule has 0 aliphatic heterocycles. The van der Waals surface area contributed by atoms with Crippen LogP contribution in [0.2, 0.25) is 0 Å². The number of nitrogens with zero attached hydrogens (tertiary/aromatic N) is 1. The van der Waals surface area contributed by atoms with Gasteiger partial charge < -0.3 is 5.32 Å². The Morgan fingerprint density at radius 2 is 1.93 bits per heavy atom. The van der Waals surface area contributed by atoms with Gasteiger partial charge in [0.25, 0.3) is 0 Å². The van der Waals surface area contributed by atoms with Gasteiger partial charge in [0.1, 0.15) is 0 Å². The maximum absolute atomic E-state index is 4.33. The number of aromatic nitrogens is 1. The summed E-state index contributed by atoms with van der Waals surface area (Å²) in [6.07, 6.45) is 5.40. The maximum Gasteiger partial charge on any atom is 0.0381 e. The van der Waals surface area contributed by atoms with E-state index in [-0.39, 0.29) is 0 Å². The first kappa shape index (κ1) is 10.9. The molecule has 1 N–H and O–H groups in total. The van der Waals surface area contributed by atoms with Crippen molar-refractivity contribution < 1.29 is 0 Å². The third-order valence-corrected chi connectivity index (χ3v) is 1.98. The van der Waals surface area contributed by atoms with Crippen LogP contribution >= 0.6 is 0 Å². The fourth-order valence-electron chi connectivity index (χ4n) is 1.41. The lowest BCUT2D eigenvalue weighted by atomic mass is 10.2. The van der Waals surface area contributed by atoms with E-state index in [0.29, 0.717) is 0 Å². The zero-order valence-electron chi connectivity index (χ0n) is 9.17. The van der Waals surface area contributed by atoms with E-state index >= 15 is 0 Å². The average molecular weight is 190 g/mol. The molecule has 1 aromatic rings. The molecule has 0 aliphatic rings. The van der Waals surface area contributed by atoms with Crippen molar-refractivity contribution in [3.8, 4) is 0 Å². The predicted molar refractivity (Wildman–Crippen MR) is 61.3 cm³/mol. The van der Waals surface area contributed by atoms with Gasteiger partial charge in [-0.05, 0) is 51.6 Å². The molecule has 0 aromatic carbocycles. The zero-order valence-corrected chi connectivity index (χ0v) is 9.17. The second kappa shape index (κ2) is 5.55. The lowest BCUT2D eigenvalue weighted by molar-refractivity contribution is 0.809. The van der Waals surface area contributed by atoms with Crippen LogP contribution in [0, 0.1) is 13.8 Å². The molecule has 0 amide bonds. The molecule has 0 saturated heterocycles.